The second-order valence-electron chi connectivity index (χ2n) is 6.99. The number of cyclic esters (lactones) is 2. The number of esters is 4. The van der Waals surface area contributed by atoms with E-state index in [0.717, 1.165) is 0 Å². The van der Waals surface area contributed by atoms with Crippen molar-refractivity contribution < 1.29 is 127 Å². The fourth-order valence-electron chi connectivity index (χ4n) is 1.59. The van der Waals surface area contributed by atoms with E-state index in [9.17, 15) is 73.1 Å². The van der Waals surface area contributed by atoms with Gasteiger partial charge in [0.1, 0.15) is 19.3 Å². The molecule has 1 aliphatic heterocycles. The van der Waals surface area contributed by atoms with Gasteiger partial charge in [-0.05, 0) is 13.8 Å². The van der Waals surface area contributed by atoms with Crippen LogP contribution in [0, 0.1) is 0 Å². The van der Waals surface area contributed by atoms with Gasteiger partial charge in [0.2, 0.25) is 5.78 Å². The number of halogens is 9. The van der Waals surface area contributed by atoms with Crippen molar-refractivity contribution in [1.82, 2.24) is 0 Å². The fraction of sp³-hybridized carbons (Fsp3) is 0.632. The lowest BCUT2D eigenvalue weighted by Crippen LogP contribution is -2.64. The summed E-state index contributed by atoms with van der Waals surface area (Å²) in [6.45, 7) is 4.43. The average Bonchev–Trinajstić information content (AvgIpc) is 2.75. The lowest BCUT2D eigenvalue weighted by molar-refractivity contribution is -0.448. The number of carbonyl (C=O) groups is 7. The number of hydrogen-bond donors (Lipinski definition) is 4. The number of ketones is 1. The van der Waals surface area contributed by atoms with Crippen LogP contribution < -0.4 is 0 Å². The number of carboxylic acids is 2. The minimum atomic E-state index is -6.10. The summed E-state index contributed by atoms with van der Waals surface area (Å²) in [4.78, 5) is 70.3. The molecule has 1 heterocycles. The first-order chi connectivity index (χ1) is 20.3. The van der Waals surface area contributed by atoms with Gasteiger partial charge >= 0.3 is 72.0 Å². The second-order valence-corrected chi connectivity index (χ2v) is 7.89. The van der Waals surface area contributed by atoms with Crippen molar-refractivity contribution in [3.05, 3.63) is 0 Å². The molecule has 1 rings (SSSR count). The minimum absolute atomic E-state index is 0. The van der Waals surface area contributed by atoms with E-state index in [-0.39, 0.29) is 26.5 Å². The van der Waals surface area contributed by atoms with Gasteiger partial charge in [0, 0.05) is 6.92 Å². The van der Waals surface area contributed by atoms with Crippen molar-refractivity contribution >= 4 is 52.0 Å². The topological polar surface area (TPSA) is 303 Å². The molecule has 0 atom stereocenters. The molecule has 0 aromatic rings. The van der Waals surface area contributed by atoms with Crippen LogP contribution in [-0.2, 0) is 62.9 Å². The highest BCUT2D eigenvalue weighted by molar-refractivity contribution is 7.79. The Hall–Kier alpha value is -4.31. The minimum Gasteiger partial charge on any atom is -0.481 e. The zero-order valence-electron chi connectivity index (χ0n) is 24.4. The smallest absolute Gasteiger partial charge is 0.481 e. The number of carbonyl (C=O) groups excluding carboxylic acids is 5. The molecule has 6 N–H and O–H groups in total. The van der Waals surface area contributed by atoms with E-state index in [4.69, 9.17) is 27.7 Å². The molecule has 47 heavy (non-hydrogen) atoms. The SMILES string of the molecule is CC(=O)C(F)(F)F.CCOC(=O)CC(=O)OCC.O.O=C(O)CC(=O)O.O=C1CC(=O)OC(C(F)(F)F)(C(F)(F)F)O1.O=S(=O)(O)O.[H+]. The van der Waals surface area contributed by atoms with Crippen molar-refractivity contribution in [3.8, 4) is 0 Å². The normalized spacial score (nSPS) is 13.5. The predicted octanol–water partition coefficient (Wildman–Crippen LogP) is 1.12. The molecule has 0 bridgehead atoms. The Balaban J connectivity index is -0.000000121. The maximum Gasteiger partial charge on any atom is 1.00 e. The van der Waals surface area contributed by atoms with Crippen molar-refractivity contribution in [2.75, 3.05) is 13.2 Å². The fourth-order valence-corrected chi connectivity index (χ4v) is 1.59. The number of carboxylic acid groups (broad SMARTS) is 2. The van der Waals surface area contributed by atoms with Crippen LogP contribution in [0.2, 0.25) is 0 Å². The second kappa shape index (κ2) is 22.3. The van der Waals surface area contributed by atoms with Gasteiger partial charge in [-0.3, -0.25) is 42.7 Å². The number of Topliss-reactive ketones (excluding diaryl/α,β-unsaturated/α-hetero) is 1. The van der Waals surface area contributed by atoms with Gasteiger partial charge in [0.15, 0.2) is 0 Å². The van der Waals surface area contributed by atoms with E-state index in [2.05, 4.69) is 18.9 Å². The number of aliphatic carboxylic acids is 2. The van der Waals surface area contributed by atoms with Gasteiger partial charge in [0.25, 0.3) is 0 Å². The van der Waals surface area contributed by atoms with Gasteiger partial charge in [-0.1, -0.05) is 0 Å². The highest BCUT2D eigenvalue weighted by atomic mass is 32.3. The molecule has 0 radical (unpaired) electrons. The third-order valence-corrected chi connectivity index (χ3v) is 3.15. The Labute approximate surface area is 257 Å². The van der Waals surface area contributed by atoms with E-state index in [1.807, 2.05) is 0 Å². The summed E-state index contributed by atoms with van der Waals surface area (Å²) in [5.74, 6) is -14.6. The number of ether oxygens (including phenoxy) is 4. The van der Waals surface area contributed by atoms with Gasteiger partial charge in [-0.25, -0.2) is 0 Å². The number of rotatable bonds is 6. The van der Waals surface area contributed by atoms with E-state index in [1.54, 1.807) is 13.8 Å². The zero-order chi connectivity index (χ0) is 37.9. The Kier molecular flexibility index (Phi) is 24.7. The predicted molar refractivity (Wildman–Crippen MR) is 125 cm³/mol. The Bertz CT molecular complexity index is 1100. The van der Waals surface area contributed by atoms with Crippen molar-refractivity contribution in [2.24, 2.45) is 0 Å². The molecule has 1 aliphatic rings. The average molecular weight is 745 g/mol. The van der Waals surface area contributed by atoms with Crippen LogP contribution in [0.4, 0.5) is 39.5 Å². The molecule has 0 spiro atoms. The first-order valence-electron chi connectivity index (χ1n) is 10.9. The quantitative estimate of drug-likeness (QED) is 0.0973. The number of hydrogen-bond acceptors (Lipinski definition) is 13. The Morgan fingerprint density at radius 3 is 1.17 bits per heavy atom. The molecule has 28 heteroatoms. The third-order valence-electron chi connectivity index (χ3n) is 3.15. The summed E-state index contributed by atoms with van der Waals surface area (Å²) < 4.78 is 152. The van der Waals surface area contributed by atoms with Gasteiger partial charge < -0.3 is 34.6 Å². The monoisotopic (exact) mass is 745 g/mol. The molecule has 0 amide bonds. The molecule has 18 nitrogen and oxygen atoms in total. The third kappa shape index (κ3) is 28.9. The van der Waals surface area contributed by atoms with E-state index in [1.165, 1.54) is 0 Å². The first kappa shape index (κ1) is 52.2. The van der Waals surface area contributed by atoms with Crippen LogP contribution in [0.3, 0.4) is 0 Å². The molecular weight excluding hydrogens is 719 g/mol. The van der Waals surface area contributed by atoms with Crippen LogP contribution in [-0.4, -0.2) is 112 Å². The van der Waals surface area contributed by atoms with Crippen molar-refractivity contribution in [3.63, 3.8) is 0 Å². The van der Waals surface area contributed by atoms with Crippen LogP contribution >= 0.6 is 0 Å². The molecule has 1 saturated heterocycles. The Morgan fingerprint density at radius 1 is 0.766 bits per heavy atom. The van der Waals surface area contributed by atoms with Crippen LogP contribution in [0.15, 0.2) is 0 Å². The molecule has 0 aromatic heterocycles. The summed E-state index contributed by atoms with van der Waals surface area (Å²) >= 11 is 0. The molecular formula is C19H26F9O18S+. The van der Waals surface area contributed by atoms with Crippen LogP contribution in [0.1, 0.15) is 41.5 Å². The molecule has 0 aromatic carbocycles. The highest BCUT2D eigenvalue weighted by Gasteiger charge is 2.79. The van der Waals surface area contributed by atoms with Gasteiger partial charge in [-0.15, -0.1) is 0 Å². The summed E-state index contributed by atoms with van der Waals surface area (Å²) in [5, 5.41) is 15.4. The highest BCUT2D eigenvalue weighted by Crippen LogP contribution is 2.48. The largest absolute Gasteiger partial charge is 1.00 e. The van der Waals surface area contributed by atoms with E-state index in [0.29, 0.717) is 6.92 Å². The zero-order valence-corrected chi connectivity index (χ0v) is 24.3. The lowest BCUT2D eigenvalue weighted by atomic mass is 10.2. The summed E-state index contributed by atoms with van der Waals surface area (Å²) in [6.07, 6.45) is -19.2. The molecule has 0 unspecified atom stereocenters. The van der Waals surface area contributed by atoms with E-state index < -0.39 is 89.2 Å². The Morgan fingerprint density at radius 2 is 1.02 bits per heavy atom. The summed E-state index contributed by atoms with van der Waals surface area (Å²) in [6, 6.07) is 0. The number of alkyl halides is 9. The van der Waals surface area contributed by atoms with Gasteiger partial charge in [-0.2, -0.15) is 47.9 Å². The molecule has 278 valence electrons. The van der Waals surface area contributed by atoms with Crippen LogP contribution in [0.25, 0.3) is 0 Å². The first-order valence-corrected chi connectivity index (χ1v) is 12.3. The lowest BCUT2D eigenvalue weighted by Gasteiger charge is -2.37. The molecule has 1 fully saturated rings. The van der Waals surface area contributed by atoms with Crippen molar-refractivity contribution in [2.45, 2.75) is 64.3 Å². The van der Waals surface area contributed by atoms with Crippen molar-refractivity contribution in [1.29, 1.82) is 0 Å². The maximum atomic E-state index is 12.2. The standard InChI is InChI=1S/C7H12O4.C6H2F6O4.C3H3F3O.C3H4O4.H2O4S.H2O/c1-3-10-6(8)5-7(9)11-4-2;7-5(8,9)4(6(10,11)12)15-2(13)1-3(14)16-4;1-2(7)3(4,5)6;4-2(5)1-3(6)7;1-5(2,3)4;/h3-5H2,1-2H3;1H2;1H3;1H2,(H,4,5)(H,6,7);(H2,1,2,3,4);1H2/p+1. The molecule has 0 saturated carbocycles. The summed E-state index contributed by atoms with van der Waals surface area (Å²) in [5.41, 5.74) is 0. The van der Waals surface area contributed by atoms with Gasteiger partial charge in [0.05, 0.1) is 13.2 Å². The molecule has 0 aliphatic carbocycles. The van der Waals surface area contributed by atoms with E-state index >= 15 is 0 Å². The van der Waals surface area contributed by atoms with Crippen LogP contribution in [0.5, 0.6) is 0 Å². The maximum absolute atomic E-state index is 12.2. The summed E-state index contributed by atoms with van der Waals surface area (Å²) in [7, 11) is -4.67.